The van der Waals surface area contributed by atoms with Crippen molar-refractivity contribution in [3.8, 4) is 5.75 Å². The summed E-state index contributed by atoms with van der Waals surface area (Å²) in [6.07, 6.45) is 11.4. The van der Waals surface area contributed by atoms with Crippen LogP contribution in [0.2, 0.25) is 0 Å². The van der Waals surface area contributed by atoms with E-state index in [9.17, 15) is 5.11 Å². The van der Waals surface area contributed by atoms with Crippen LogP contribution >= 0.6 is 12.2 Å². The van der Waals surface area contributed by atoms with Crippen LogP contribution in [0.25, 0.3) is 0 Å². The number of aromatic nitrogens is 2. The molecule has 148 valence electrons. The van der Waals surface area contributed by atoms with Gasteiger partial charge in [-0.2, -0.15) is 0 Å². The minimum Gasteiger partial charge on any atom is -0.508 e. The molecule has 0 radical (unpaired) electrons. The molecule has 1 saturated carbocycles. The van der Waals surface area contributed by atoms with Crippen molar-refractivity contribution >= 4 is 23.0 Å². The fourth-order valence-corrected chi connectivity index (χ4v) is 4.97. The number of aromatic hydroxyl groups is 1. The van der Waals surface area contributed by atoms with Crippen molar-refractivity contribution in [1.29, 1.82) is 0 Å². The normalized spacial score (nSPS) is 22.2. The molecule has 5 nitrogen and oxygen atoms in total. The zero-order valence-corrected chi connectivity index (χ0v) is 16.9. The molecule has 2 aliphatic rings. The lowest BCUT2D eigenvalue weighted by molar-refractivity contribution is 0.475. The van der Waals surface area contributed by atoms with Gasteiger partial charge in [0.1, 0.15) is 5.75 Å². The Hall–Kier alpha value is -2.86. The molecular formula is C23H24N4OS. The maximum absolute atomic E-state index is 9.72. The van der Waals surface area contributed by atoms with Crippen LogP contribution in [0.5, 0.6) is 5.75 Å². The second kappa shape index (κ2) is 7.52. The number of pyridine rings is 1. The Morgan fingerprint density at radius 1 is 1.03 bits per heavy atom. The SMILES string of the molecule is Oc1ccc(N2C(=S)N[C@H](c3ccccn3)[C@H]2c2ccn(C3CCCC3)c2)cc1. The first-order valence-corrected chi connectivity index (χ1v) is 10.6. The summed E-state index contributed by atoms with van der Waals surface area (Å²) in [6, 6.07) is 16.0. The first-order chi connectivity index (χ1) is 14.2. The molecule has 29 heavy (non-hydrogen) atoms. The van der Waals surface area contributed by atoms with E-state index in [1.54, 1.807) is 12.1 Å². The van der Waals surface area contributed by atoms with Crippen molar-refractivity contribution in [1.82, 2.24) is 14.9 Å². The number of nitrogens with one attached hydrogen (secondary N) is 1. The lowest BCUT2D eigenvalue weighted by Gasteiger charge is -2.27. The van der Waals surface area contributed by atoms with Crippen LogP contribution in [0.15, 0.2) is 67.1 Å². The predicted molar refractivity (Wildman–Crippen MR) is 118 cm³/mol. The van der Waals surface area contributed by atoms with E-state index in [0.29, 0.717) is 11.2 Å². The molecule has 2 atom stereocenters. The van der Waals surface area contributed by atoms with Gasteiger partial charge in [0.05, 0.1) is 17.8 Å². The number of phenols is 1. The molecule has 2 N–H and O–H groups in total. The zero-order chi connectivity index (χ0) is 19.8. The molecule has 1 aromatic carbocycles. The predicted octanol–water partition coefficient (Wildman–Crippen LogP) is 4.88. The van der Waals surface area contributed by atoms with Crippen LogP contribution in [-0.2, 0) is 0 Å². The van der Waals surface area contributed by atoms with Gasteiger partial charge in [-0.1, -0.05) is 18.9 Å². The maximum Gasteiger partial charge on any atom is 0.174 e. The first kappa shape index (κ1) is 18.2. The minimum atomic E-state index is -0.0445. The summed E-state index contributed by atoms with van der Waals surface area (Å²) in [6.45, 7) is 0. The van der Waals surface area contributed by atoms with Crippen LogP contribution in [0.1, 0.15) is 55.1 Å². The van der Waals surface area contributed by atoms with Gasteiger partial charge < -0.3 is 19.9 Å². The van der Waals surface area contributed by atoms with Crippen LogP contribution in [0, 0.1) is 0 Å². The second-order valence-electron chi connectivity index (χ2n) is 7.84. The molecule has 0 bridgehead atoms. The van der Waals surface area contributed by atoms with Gasteiger partial charge in [0.15, 0.2) is 5.11 Å². The Morgan fingerprint density at radius 2 is 1.83 bits per heavy atom. The summed E-state index contributed by atoms with van der Waals surface area (Å²) < 4.78 is 2.37. The van der Waals surface area contributed by atoms with Crippen molar-refractivity contribution in [3.63, 3.8) is 0 Å². The first-order valence-electron chi connectivity index (χ1n) is 10.2. The largest absolute Gasteiger partial charge is 0.508 e. The summed E-state index contributed by atoms with van der Waals surface area (Å²) in [5.74, 6) is 0.247. The third-order valence-electron chi connectivity index (χ3n) is 6.05. The fourth-order valence-electron chi connectivity index (χ4n) is 4.62. The van der Waals surface area contributed by atoms with Gasteiger partial charge in [0.2, 0.25) is 0 Å². The molecule has 0 unspecified atom stereocenters. The van der Waals surface area contributed by atoms with Crippen molar-refractivity contribution in [2.75, 3.05) is 4.90 Å². The van der Waals surface area contributed by atoms with Crippen molar-refractivity contribution < 1.29 is 5.11 Å². The van der Waals surface area contributed by atoms with Crippen molar-refractivity contribution in [3.05, 3.63) is 78.4 Å². The number of anilines is 1. The quantitative estimate of drug-likeness (QED) is 0.607. The fraction of sp³-hybridized carbons (Fsp3) is 0.304. The molecule has 6 heteroatoms. The topological polar surface area (TPSA) is 53.3 Å². The average molecular weight is 405 g/mol. The number of rotatable bonds is 4. The molecule has 1 saturated heterocycles. The van der Waals surface area contributed by atoms with Crippen molar-refractivity contribution in [2.24, 2.45) is 0 Å². The van der Waals surface area contributed by atoms with Gasteiger partial charge in [0.25, 0.3) is 0 Å². The van der Waals surface area contributed by atoms with E-state index in [1.807, 2.05) is 36.5 Å². The van der Waals surface area contributed by atoms with Gasteiger partial charge in [-0.25, -0.2) is 0 Å². The number of phenolic OH excluding ortho intramolecular Hbond substituents is 1. The Morgan fingerprint density at radius 3 is 2.55 bits per heavy atom. The van der Waals surface area contributed by atoms with Crippen LogP contribution in [0.4, 0.5) is 5.69 Å². The van der Waals surface area contributed by atoms with Gasteiger partial charge in [0, 0.05) is 30.3 Å². The van der Waals surface area contributed by atoms with E-state index < -0.39 is 0 Å². The molecule has 1 aliphatic carbocycles. The molecule has 2 fully saturated rings. The van der Waals surface area contributed by atoms with Crippen LogP contribution in [-0.4, -0.2) is 19.8 Å². The molecule has 0 amide bonds. The Labute approximate surface area is 176 Å². The third kappa shape index (κ3) is 3.38. The maximum atomic E-state index is 9.72. The summed E-state index contributed by atoms with van der Waals surface area (Å²) in [7, 11) is 0. The summed E-state index contributed by atoms with van der Waals surface area (Å²) >= 11 is 5.74. The zero-order valence-electron chi connectivity index (χ0n) is 16.1. The van der Waals surface area contributed by atoms with E-state index in [-0.39, 0.29) is 17.8 Å². The number of nitrogens with zero attached hydrogens (tertiary/aromatic N) is 3. The van der Waals surface area contributed by atoms with Crippen LogP contribution < -0.4 is 10.2 Å². The van der Waals surface area contributed by atoms with E-state index in [4.69, 9.17) is 12.2 Å². The minimum absolute atomic E-state index is 0.00963. The molecule has 3 heterocycles. The second-order valence-corrected chi connectivity index (χ2v) is 8.23. The Bertz CT molecular complexity index is 995. The highest BCUT2D eigenvalue weighted by Crippen LogP contribution is 2.42. The standard InChI is InChI=1S/C23H24N4OS/c28-19-10-8-18(9-11-19)27-22(16-12-14-26(15-16)17-5-1-2-6-17)21(25-23(27)29)20-7-3-4-13-24-20/h3-4,7-15,17,21-22,28H,1-2,5-6H2,(H,25,29)/t21-,22-/m1/s1. The molecular weight excluding hydrogens is 380 g/mol. The van der Waals surface area contributed by atoms with Crippen LogP contribution in [0.3, 0.4) is 0 Å². The number of benzene rings is 1. The molecule has 0 spiro atoms. The number of hydrogen-bond acceptors (Lipinski definition) is 3. The van der Waals surface area contributed by atoms with Crippen molar-refractivity contribution in [2.45, 2.75) is 43.8 Å². The summed E-state index contributed by atoms with van der Waals surface area (Å²) in [5, 5.41) is 13.9. The van der Waals surface area contributed by atoms with E-state index in [0.717, 1.165) is 11.4 Å². The van der Waals surface area contributed by atoms with Gasteiger partial charge in [-0.15, -0.1) is 0 Å². The average Bonchev–Trinajstić information content (AvgIpc) is 3.49. The third-order valence-corrected chi connectivity index (χ3v) is 6.37. The van der Waals surface area contributed by atoms with Gasteiger partial charge >= 0.3 is 0 Å². The van der Waals surface area contributed by atoms with E-state index in [1.165, 1.54) is 31.2 Å². The summed E-state index contributed by atoms with van der Waals surface area (Å²) in [4.78, 5) is 6.74. The monoisotopic (exact) mass is 404 g/mol. The Balaban J connectivity index is 1.56. The molecule has 3 aromatic rings. The highest BCUT2D eigenvalue weighted by atomic mass is 32.1. The Kier molecular flexibility index (Phi) is 4.72. The molecule has 2 aromatic heterocycles. The van der Waals surface area contributed by atoms with E-state index in [2.05, 4.69) is 38.2 Å². The van der Waals surface area contributed by atoms with Gasteiger partial charge in [-0.05, 0) is 73.1 Å². The van der Waals surface area contributed by atoms with Gasteiger partial charge in [-0.3, -0.25) is 4.98 Å². The smallest absolute Gasteiger partial charge is 0.174 e. The lowest BCUT2D eigenvalue weighted by Crippen LogP contribution is -2.29. The highest BCUT2D eigenvalue weighted by Gasteiger charge is 2.41. The highest BCUT2D eigenvalue weighted by molar-refractivity contribution is 7.80. The molecule has 5 rings (SSSR count). The number of hydrogen-bond donors (Lipinski definition) is 2. The summed E-state index contributed by atoms with van der Waals surface area (Å²) in [5.41, 5.74) is 3.14. The lowest BCUT2D eigenvalue weighted by atomic mass is 9.98. The molecule has 1 aliphatic heterocycles. The van der Waals surface area contributed by atoms with E-state index >= 15 is 0 Å². The number of thiocarbonyl (C=S) groups is 1.